The summed E-state index contributed by atoms with van der Waals surface area (Å²) in [6.07, 6.45) is 0. The molecular formula is C15H19N3O2S. The molecule has 0 aliphatic heterocycles. The SMILES string of the molecule is CCNC(C)c1csc(NC(=O)COc2ccccc2)n1. The monoisotopic (exact) mass is 305 g/mol. The van der Waals surface area contributed by atoms with Crippen molar-refractivity contribution in [1.82, 2.24) is 10.3 Å². The first kappa shape index (κ1) is 15.5. The summed E-state index contributed by atoms with van der Waals surface area (Å²) < 4.78 is 5.39. The van der Waals surface area contributed by atoms with Gasteiger partial charge >= 0.3 is 0 Å². The van der Waals surface area contributed by atoms with Gasteiger partial charge in [0.15, 0.2) is 11.7 Å². The summed E-state index contributed by atoms with van der Waals surface area (Å²) in [5.41, 5.74) is 0.932. The lowest BCUT2D eigenvalue weighted by molar-refractivity contribution is -0.118. The lowest BCUT2D eigenvalue weighted by Gasteiger charge is -2.08. The van der Waals surface area contributed by atoms with Gasteiger partial charge in [0.25, 0.3) is 5.91 Å². The predicted molar refractivity (Wildman–Crippen MR) is 84.8 cm³/mol. The molecule has 1 aromatic carbocycles. The van der Waals surface area contributed by atoms with Gasteiger partial charge in [-0.25, -0.2) is 4.98 Å². The summed E-state index contributed by atoms with van der Waals surface area (Å²) in [4.78, 5) is 16.2. The number of hydrogen-bond donors (Lipinski definition) is 2. The number of aromatic nitrogens is 1. The van der Waals surface area contributed by atoms with E-state index in [-0.39, 0.29) is 18.6 Å². The quantitative estimate of drug-likeness (QED) is 0.825. The fraction of sp³-hybridized carbons (Fsp3) is 0.333. The van der Waals surface area contributed by atoms with Gasteiger partial charge in [-0.2, -0.15) is 0 Å². The van der Waals surface area contributed by atoms with E-state index in [1.54, 1.807) is 0 Å². The molecule has 1 amide bonds. The molecule has 112 valence electrons. The largest absolute Gasteiger partial charge is 0.484 e. The third-order valence-electron chi connectivity index (χ3n) is 2.84. The summed E-state index contributed by atoms with van der Waals surface area (Å²) >= 11 is 1.42. The molecule has 0 radical (unpaired) electrons. The zero-order valence-electron chi connectivity index (χ0n) is 12.1. The van der Waals surface area contributed by atoms with Crippen LogP contribution >= 0.6 is 11.3 Å². The zero-order valence-corrected chi connectivity index (χ0v) is 12.9. The average molecular weight is 305 g/mol. The third kappa shape index (κ3) is 4.84. The first-order chi connectivity index (χ1) is 10.2. The smallest absolute Gasteiger partial charge is 0.264 e. The number of benzene rings is 1. The van der Waals surface area contributed by atoms with E-state index in [2.05, 4.69) is 15.6 Å². The highest BCUT2D eigenvalue weighted by Gasteiger charge is 2.11. The van der Waals surface area contributed by atoms with Crippen molar-refractivity contribution < 1.29 is 9.53 Å². The van der Waals surface area contributed by atoms with E-state index in [0.29, 0.717) is 10.9 Å². The number of carbonyl (C=O) groups is 1. The summed E-state index contributed by atoms with van der Waals surface area (Å²) in [5.74, 6) is 0.462. The van der Waals surface area contributed by atoms with Crippen molar-refractivity contribution in [2.24, 2.45) is 0 Å². The van der Waals surface area contributed by atoms with Gasteiger partial charge in [-0.3, -0.25) is 10.1 Å². The minimum absolute atomic E-state index is 0.0261. The number of nitrogens with one attached hydrogen (secondary N) is 2. The van der Waals surface area contributed by atoms with Crippen LogP contribution in [0, 0.1) is 0 Å². The van der Waals surface area contributed by atoms with Gasteiger partial charge < -0.3 is 10.1 Å². The molecule has 21 heavy (non-hydrogen) atoms. The van der Waals surface area contributed by atoms with Crippen molar-refractivity contribution >= 4 is 22.4 Å². The van der Waals surface area contributed by atoms with Crippen LogP contribution in [0.15, 0.2) is 35.7 Å². The number of amides is 1. The summed E-state index contributed by atoms with van der Waals surface area (Å²) in [5, 5.41) is 8.57. The highest BCUT2D eigenvalue weighted by molar-refractivity contribution is 7.13. The number of hydrogen-bond acceptors (Lipinski definition) is 5. The molecule has 0 aliphatic carbocycles. The Morgan fingerprint density at radius 3 is 2.86 bits per heavy atom. The maximum absolute atomic E-state index is 11.8. The second kappa shape index (κ2) is 7.75. The van der Waals surface area contributed by atoms with E-state index in [1.807, 2.05) is 49.6 Å². The lowest BCUT2D eigenvalue weighted by Crippen LogP contribution is -2.20. The van der Waals surface area contributed by atoms with Crippen LogP contribution < -0.4 is 15.4 Å². The van der Waals surface area contributed by atoms with E-state index in [1.165, 1.54) is 11.3 Å². The Morgan fingerprint density at radius 1 is 1.38 bits per heavy atom. The predicted octanol–water partition coefficient (Wildman–Crippen LogP) is 2.83. The maximum Gasteiger partial charge on any atom is 0.264 e. The van der Waals surface area contributed by atoms with E-state index in [4.69, 9.17) is 4.74 Å². The molecule has 2 aromatic rings. The second-order valence-corrected chi connectivity index (χ2v) is 5.36. The van der Waals surface area contributed by atoms with Gasteiger partial charge in [0.05, 0.1) is 5.69 Å². The molecule has 1 aromatic heterocycles. The van der Waals surface area contributed by atoms with Crippen LogP contribution in [-0.4, -0.2) is 24.0 Å². The number of carbonyl (C=O) groups excluding carboxylic acids is 1. The number of nitrogens with zero attached hydrogens (tertiary/aromatic N) is 1. The van der Waals surface area contributed by atoms with E-state index < -0.39 is 0 Å². The molecule has 1 heterocycles. The molecule has 1 atom stereocenters. The topological polar surface area (TPSA) is 63.2 Å². The molecule has 0 spiro atoms. The van der Waals surface area contributed by atoms with Crippen molar-refractivity contribution in [2.45, 2.75) is 19.9 Å². The molecular weight excluding hydrogens is 286 g/mol. The standard InChI is InChI=1S/C15H19N3O2S/c1-3-16-11(2)13-10-21-15(17-13)18-14(19)9-20-12-7-5-4-6-8-12/h4-8,10-11,16H,3,9H2,1-2H3,(H,17,18,19). The van der Waals surface area contributed by atoms with Crippen molar-refractivity contribution in [1.29, 1.82) is 0 Å². The van der Waals surface area contributed by atoms with Gasteiger partial charge in [0.1, 0.15) is 5.75 Å². The summed E-state index contributed by atoms with van der Waals surface area (Å²) in [6, 6.07) is 9.43. The van der Waals surface area contributed by atoms with Crippen molar-refractivity contribution in [3.05, 3.63) is 41.4 Å². The summed E-state index contributed by atoms with van der Waals surface area (Å²) in [6.45, 7) is 4.95. The fourth-order valence-corrected chi connectivity index (χ4v) is 2.59. The van der Waals surface area contributed by atoms with Crippen LogP contribution in [0.1, 0.15) is 25.6 Å². The number of anilines is 1. The first-order valence-electron chi connectivity index (χ1n) is 6.85. The Balaban J connectivity index is 1.83. The van der Waals surface area contributed by atoms with E-state index in [0.717, 1.165) is 12.2 Å². The van der Waals surface area contributed by atoms with E-state index in [9.17, 15) is 4.79 Å². The van der Waals surface area contributed by atoms with Crippen LogP contribution in [0.4, 0.5) is 5.13 Å². The van der Waals surface area contributed by atoms with Crippen LogP contribution in [0.3, 0.4) is 0 Å². The molecule has 6 heteroatoms. The molecule has 2 N–H and O–H groups in total. The fourth-order valence-electron chi connectivity index (χ4n) is 1.77. The number of rotatable bonds is 7. The molecule has 0 saturated carbocycles. The minimum Gasteiger partial charge on any atom is -0.484 e. The van der Waals surface area contributed by atoms with Crippen LogP contribution in [-0.2, 0) is 4.79 Å². The van der Waals surface area contributed by atoms with E-state index >= 15 is 0 Å². The highest BCUT2D eigenvalue weighted by atomic mass is 32.1. The molecule has 1 unspecified atom stereocenters. The number of thiazole rings is 1. The Labute approximate surface area is 128 Å². The van der Waals surface area contributed by atoms with Gasteiger partial charge in [-0.05, 0) is 25.6 Å². The Bertz CT molecular complexity index is 571. The zero-order chi connectivity index (χ0) is 15.1. The molecule has 0 aliphatic rings. The molecule has 5 nitrogen and oxygen atoms in total. The van der Waals surface area contributed by atoms with Crippen LogP contribution in [0.2, 0.25) is 0 Å². The van der Waals surface area contributed by atoms with Gasteiger partial charge in [0, 0.05) is 11.4 Å². The Morgan fingerprint density at radius 2 is 2.14 bits per heavy atom. The molecule has 0 saturated heterocycles. The van der Waals surface area contributed by atoms with Crippen molar-refractivity contribution in [2.75, 3.05) is 18.5 Å². The van der Waals surface area contributed by atoms with Crippen LogP contribution in [0.25, 0.3) is 0 Å². The summed E-state index contributed by atoms with van der Waals surface area (Å²) in [7, 11) is 0. The van der Waals surface area contributed by atoms with Gasteiger partial charge in [0.2, 0.25) is 0 Å². The average Bonchev–Trinajstić information content (AvgIpc) is 2.95. The van der Waals surface area contributed by atoms with Crippen molar-refractivity contribution in [3.8, 4) is 5.75 Å². The molecule has 2 rings (SSSR count). The van der Waals surface area contributed by atoms with Gasteiger partial charge in [-0.1, -0.05) is 25.1 Å². The van der Waals surface area contributed by atoms with Gasteiger partial charge in [-0.15, -0.1) is 11.3 Å². The maximum atomic E-state index is 11.8. The number of para-hydroxylation sites is 1. The third-order valence-corrected chi connectivity index (χ3v) is 3.61. The normalized spacial score (nSPS) is 11.9. The first-order valence-corrected chi connectivity index (χ1v) is 7.73. The second-order valence-electron chi connectivity index (χ2n) is 4.51. The molecule has 0 fully saturated rings. The Kier molecular flexibility index (Phi) is 5.71. The highest BCUT2D eigenvalue weighted by Crippen LogP contribution is 2.20. The molecule has 0 bridgehead atoms. The number of ether oxygens (including phenoxy) is 1. The lowest BCUT2D eigenvalue weighted by atomic mass is 10.3. The van der Waals surface area contributed by atoms with Crippen molar-refractivity contribution in [3.63, 3.8) is 0 Å². The van der Waals surface area contributed by atoms with Crippen LogP contribution in [0.5, 0.6) is 5.75 Å². The Hall–Kier alpha value is -1.92. The minimum atomic E-state index is -0.212.